The lowest BCUT2D eigenvalue weighted by Crippen LogP contribution is -2.19. The molecular weight excluding hydrogens is 263 g/mol. The largest absolute Gasteiger partial charge is 0.389 e. The van der Waals surface area contributed by atoms with Crippen LogP contribution in [0.25, 0.3) is 0 Å². The number of amides is 1. The summed E-state index contributed by atoms with van der Waals surface area (Å²) >= 11 is 4.79. The lowest BCUT2D eigenvalue weighted by Gasteiger charge is -2.10. The van der Waals surface area contributed by atoms with Crippen molar-refractivity contribution in [3.8, 4) is 0 Å². The molecule has 5 heteroatoms. The molecule has 0 atom stereocenters. The molecule has 0 aromatic heterocycles. The van der Waals surface area contributed by atoms with E-state index >= 15 is 0 Å². The van der Waals surface area contributed by atoms with E-state index in [0.717, 1.165) is 0 Å². The van der Waals surface area contributed by atoms with Crippen molar-refractivity contribution in [2.75, 3.05) is 5.32 Å². The van der Waals surface area contributed by atoms with E-state index in [1.807, 2.05) is 0 Å². The predicted molar refractivity (Wildman–Crippen MR) is 76.7 cm³/mol. The van der Waals surface area contributed by atoms with Crippen LogP contribution in [0.15, 0.2) is 48.5 Å². The summed E-state index contributed by atoms with van der Waals surface area (Å²) in [6, 6.07) is 12.9. The van der Waals surface area contributed by atoms with Gasteiger partial charge < -0.3 is 11.1 Å². The number of rotatable bonds is 3. The maximum atomic E-state index is 13.6. The summed E-state index contributed by atoms with van der Waals surface area (Å²) in [5.74, 6) is -0.901. The van der Waals surface area contributed by atoms with Crippen LogP contribution in [0.5, 0.6) is 0 Å². The fraction of sp³-hybridized carbons (Fsp3) is 0. The topological polar surface area (TPSA) is 55.1 Å². The summed E-state index contributed by atoms with van der Waals surface area (Å²) in [5.41, 5.74) is 6.25. The molecule has 3 N–H and O–H groups in total. The van der Waals surface area contributed by atoms with Crippen LogP contribution < -0.4 is 11.1 Å². The average Bonchev–Trinajstić information content (AvgIpc) is 2.39. The number of hydrogen-bond donors (Lipinski definition) is 2. The highest BCUT2D eigenvalue weighted by Gasteiger charge is 2.13. The quantitative estimate of drug-likeness (QED) is 0.846. The number of nitrogens with two attached hydrogens (primary N) is 1. The lowest BCUT2D eigenvalue weighted by molar-refractivity contribution is 0.102. The summed E-state index contributed by atoms with van der Waals surface area (Å²) in [6.45, 7) is 0. The van der Waals surface area contributed by atoms with Gasteiger partial charge in [0.05, 0.1) is 11.3 Å². The van der Waals surface area contributed by atoms with Crippen LogP contribution >= 0.6 is 12.2 Å². The Labute approximate surface area is 115 Å². The molecule has 19 heavy (non-hydrogen) atoms. The Morgan fingerprint density at radius 3 is 2.42 bits per heavy atom. The average molecular weight is 274 g/mol. The zero-order valence-corrected chi connectivity index (χ0v) is 10.7. The van der Waals surface area contributed by atoms with Crippen molar-refractivity contribution in [1.82, 2.24) is 0 Å². The fourth-order valence-corrected chi connectivity index (χ4v) is 1.87. The van der Waals surface area contributed by atoms with E-state index in [9.17, 15) is 9.18 Å². The third kappa shape index (κ3) is 2.95. The summed E-state index contributed by atoms with van der Waals surface area (Å²) < 4.78 is 13.6. The van der Waals surface area contributed by atoms with E-state index in [4.69, 9.17) is 18.0 Å². The number of anilines is 1. The molecule has 0 saturated carbocycles. The van der Waals surface area contributed by atoms with Crippen LogP contribution in [0.1, 0.15) is 15.9 Å². The molecule has 3 nitrogen and oxygen atoms in total. The number of thiocarbonyl (C=S) groups is 1. The normalized spacial score (nSPS) is 9.95. The minimum Gasteiger partial charge on any atom is -0.389 e. The first-order valence-corrected chi connectivity index (χ1v) is 5.95. The Morgan fingerprint density at radius 2 is 1.79 bits per heavy atom. The van der Waals surface area contributed by atoms with Crippen molar-refractivity contribution in [2.45, 2.75) is 0 Å². The van der Waals surface area contributed by atoms with Crippen LogP contribution in [0.2, 0.25) is 0 Å². The fourth-order valence-electron chi connectivity index (χ4n) is 1.66. The molecule has 1 amide bonds. The molecule has 0 radical (unpaired) electrons. The number of carbonyl (C=O) groups excluding carboxylic acids is 1. The summed E-state index contributed by atoms with van der Waals surface area (Å²) in [4.78, 5) is 11.9. The van der Waals surface area contributed by atoms with Gasteiger partial charge in [0.1, 0.15) is 10.8 Å². The molecule has 2 aromatic rings. The van der Waals surface area contributed by atoms with Gasteiger partial charge in [-0.25, -0.2) is 4.39 Å². The van der Waals surface area contributed by atoms with E-state index in [1.165, 1.54) is 12.1 Å². The van der Waals surface area contributed by atoms with E-state index in [0.29, 0.717) is 5.56 Å². The zero-order valence-electron chi connectivity index (χ0n) is 9.89. The Hall–Kier alpha value is -2.27. The van der Waals surface area contributed by atoms with Crippen LogP contribution in [0, 0.1) is 5.82 Å². The standard InChI is InChI=1S/C14H11FN2OS/c15-10-7-4-8-11(12(10)13(16)19)17-14(18)9-5-2-1-3-6-9/h1-8H,(H2,16,19)(H,17,18). The first-order valence-electron chi connectivity index (χ1n) is 5.54. The van der Waals surface area contributed by atoms with Gasteiger partial charge in [0.25, 0.3) is 5.91 Å². The number of carbonyl (C=O) groups is 1. The minimum absolute atomic E-state index is 0.0433. The Morgan fingerprint density at radius 1 is 1.11 bits per heavy atom. The molecule has 0 aliphatic heterocycles. The van der Waals surface area contributed by atoms with Crippen molar-refractivity contribution in [3.63, 3.8) is 0 Å². The van der Waals surface area contributed by atoms with E-state index in [1.54, 1.807) is 36.4 Å². The summed E-state index contributed by atoms with van der Waals surface area (Å²) in [7, 11) is 0. The molecule has 0 saturated heterocycles. The number of halogens is 1. The monoisotopic (exact) mass is 274 g/mol. The first kappa shape index (κ1) is 13.2. The Kier molecular flexibility index (Phi) is 3.87. The SMILES string of the molecule is NC(=S)c1c(F)cccc1NC(=O)c1ccccc1. The minimum atomic E-state index is -0.557. The highest BCUT2D eigenvalue weighted by molar-refractivity contribution is 7.80. The second kappa shape index (κ2) is 5.58. The molecule has 2 aromatic carbocycles. The van der Waals surface area contributed by atoms with E-state index in [2.05, 4.69) is 5.32 Å². The summed E-state index contributed by atoms with van der Waals surface area (Å²) in [6.07, 6.45) is 0. The highest BCUT2D eigenvalue weighted by atomic mass is 32.1. The van der Waals surface area contributed by atoms with Crippen LogP contribution in [0.3, 0.4) is 0 Å². The first-order chi connectivity index (χ1) is 9.09. The molecule has 2 rings (SSSR count). The molecule has 0 fully saturated rings. The van der Waals surface area contributed by atoms with Crippen LogP contribution in [-0.2, 0) is 0 Å². The lowest BCUT2D eigenvalue weighted by atomic mass is 10.1. The van der Waals surface area contributed by atoms with Gasteiger partial charge in [0.15, 0.2) is 0 Å². The Bertz CT molecular complexity index is 629. The molecular formula is C14H11FN2OS. The third-order valence-corrected chi connectivity index (χ3v) is 2.75. The molecule has 0 aliphatic rings. The summed E-state index contributed by atoms with van der Waals surface area (Å²) in [5, 5.41) is 2.60. The molecule has 96 valence electrons. The van der Waals surface area contributed by atoms with Crippen molar-refractivity contribution >= 4 is 28.8 Å². The van der Waals surface area contributed by atoms with Gasteiger partial charge in [-0.1, -0.05) is 36.5 Å². The molecule has 0 unspecified atom stereocenters. The van der Waals surface area contributed by atoms with Crippen LogP contribution in [0.4, 0.5) is 10.1 Å². The van der Waals surface area contributed by atoms with Gasteiger partial charge in [-0.15, -0.1) is 0 Å². The van der Waals surface area contributed by atoms with Crippen molar-refractivity contribution in [2.24, 2.45) is 5.73 Å². The smallest absolute Gasteiger partial charge is 0.255 e. The van der Waals surface area contributed by atoms with Gasteiger partial charge in [-0.05, 0) is 24.3 Å². The number of benzene rings is 2. The van der Waals surface area contributed by atoms with E-state index in [-0.39, 0.29) is 22.1 Å². The van der Waals surface area contributed by atoms with Gasteiger partial charge in [0.2, 0.25) is 0 Å². The second-order valence-corrected chi connectivity index (χ2v) is 4.29. The zero-order chi connectivity index (χ0) is 13.8. The highest BCUT2D eigenvalue weighted by Crippen LogP contribution is 2.19. The van der Waals surface area contributed by atoms with Crippen LogP contribution in [-0.4, -0.2) is 10.9 Å². The third-order valence-electron chi connectivity index (χ3n) is 2.54. The maximum Gasteiger partial charge on any atom is 0.255 e. The number of nitrogens with one attached hydrogen (secondary N) is 1. The molecule has 0 spiro atoms. The Balaban J connectivity index is 2.32. The van der Waals surface area contributed by atoms with Gasteiger partial charge in [0, 0.05) is 5.56 Å². The van der Waals surface area contributed by atoms with Gasteiger partial charge >= 0.3 is 0 Å². The molecule has 0 aliphatic carbocycles. The van der Waals surface area contributed by atoms with Crippen molar-refractivity contribution < 1.29 is 9.18 Å². The van der Waals surface area contributed by atoms with E-state index < -0.39 is 5.82 Å². The second-order valence-electron chi connectivity index (χ2n) is 3.85. The maximum absolute atomic E-state index is 13.6. The van der Waals surface area contributed by atoms with Crippen molar-refractivity contribution in [3.05, 3.63) is 65.5 Å². The van der Waals surface area contributed by atoms with Crippen molar-refractivity contribution in [1.29, 1.82) is 0 Å². The predicted octanol–water partition coefficient (Wildman–Crippen LogP) is 2.71. The molecule has 0 heterocycles. The number of hydrogen-bond acceptors (Lipinski definition) is 2. The molecule has 0 bridgehead atoms. The van der Waals surface area contributed by atoms with Gasteiger partial charge in [-0.2, -0.15) is 0 Å². The van der Waals surface area contributed by atoms with Gasteiger partial charge in [-0.3, -0.25) is 4.79 Å².